The lowest BCUT2D eigenvalue weighted by atomic mass is 9.97. The molecule has 23 heavy (non-hydrogen) atoms. The van der Waals surface area contributed by atoms with E-state index in [0.29, 0.717) is 27.4 Å². The number of carbonyl (C=O) groups is 1. The van der Waals surface area contributed by atoms with Gasteiger partial charge in [0.1, 0.15) is 5.75 Å². The molecule has 0 bridgehead atoms. The summed E-state index contributed by atoms with van der Waals surface area (Å²) in [7, 11) is 1.53. The zero-order chi connectivity index (χ0) is 16.2. The number of nitrogens with one attached hydrogen (secondary N) is 2. The number of rotatable bonds is 4. The first kappa shape index (κ1) is 16.2. The molecule has 0 saturated carbocycles. The van der Waals surface area contributed by atoms with Crippen LogP contribution in [-0.2, 0) is 0 Å². The van der Waals surface area contributed by atoms with Crippen LogP contribution in [0.3, 0.4) is 0 Å². The van der Waals surface area contributed by atoms with Gasteiger partial charge in [-0.1, -0.05) is 11.6 Å². The van der Waals surface area contributed by atoms with E-state index in [1.807, 2.05) is 6.20 Å². The number of amides is 1. The molecular formula is C16H18ClN3O2S. The van der Waals surface area contributed by atoms with Crippen LogP contribution >= 0.6 is 22.9 Å². The molecule has 3 rings (SSSR count). The Bertz CT molecular complexity index is 698. The Labute approximate surface area is 144 Å². The quantitative estimate of drug-likeness (QED) is 0.884. The average Bonchev–Trinajstić information content (AvgIpc) is 3.04. The zero-order valence-electron chi connectivity index (χ0n) is 12.8. The molecule has 0 radical (unpaired) electrons. The third-order valence-corrected chi connectivity index (χ3v) is 5.20. The van der Waals surface area contributed by atoms with Crippen LogP contribution in [0.2, 0.25) is 5.02 Å². The van der Waals surface area contributed by atoms with Crippen LogP contribution in [0, 0.1) is 0 Å². The van der Waals surface area contributed by atoms with E-state index in [9.17, 15) is 4.79 Å². The zero-order valence-corrected chi connectivity index (χ0v) is 14.3. The Kier molecular flexibility index (Phi) is 5.15. The van der Waals surface area contributed by atoms with Crippen LogP contribution in [0.5, 0.6) is 5.75 Å². The topological polar surface area (TPSA) is 63.2 Å². The van der Waals surface area contributed by atoms with Crippen molar-refractivity contribution in [2.75, 3.05) is 25.5 Å². The molecule has 122 valence electrons. The molecule has 1 aliphatic rings. The molecule has 0 atom stereocenters. The van der Waals surface area contributed by atoms with Crippen molar-refractivity contribution in [3.8, 4) is 5.75 Å². The second-order valence-corrected chi connectivity index (χ2v) is 6.89. The first-order valence-corrected chi connectivity index (χ1v) is 8.68. The highest BCUT2D eigenvalue weighted by atomic mass is 35.5. The van der Waals surface area contributed by atoms with Gasteiger partial charge in [-0.05, 0) is 50.0 Å². The van der Waals surface area contributed by atoms with Gasteiger partial charge in [-0.15, -0.1) is 11.3 Å². The number of nitrogens with zero attached hydrogens (tertiary/aromatic N) is 1. The maximum absolute atomic E-state index is 12.4. The van der Waals surface area contributed by atoms with Crippen molar-refractivity contribution >= 4 is 34.0 Å². The molecule has 0 aliphatic carbocycles. The molecule has 1 aromatic heterocycles. The number of halogens is 1. The van der Waals surface area contributed by atoms with Gasteiger partial charge in [0.05, 0.1) is 12.7 Å². The molecule has 1 fully saturated rings. The standard InChI is InChI=1S/C16H18ClN3O2S/c1-22-13-3-2-11(17)8-12(13)15(21)20-16-19-9-14(23-16)10-4-6-18-7-5-10/h2-3,8-10,18H,4-7H2,1H3,(H,19,20,21). The number of thiazole rings is 1. The number of piperidine rings is 1. The Morgan fingerprint density at radius 3 is 2.96 bits per heavy atom. The van der Waals surface area contributed by atoms with E-state index in [-0.39, 0.29) is 5.91 Å². The normalized spacial score (nSPS) is 15.4. The van der Waals surface area contributed by atoms with E-state index < -0.39 is 0 Å². The number of benzene rings is 1. The monoisotopic (exact) mass is 351 g/mol. The van der Waals surface area contributed by atoms with Crippen molar-refractivity contribution in [3.63, 3.8) is 0 Å². The Morgan fingerprint density at radius 2 is 2.22 bits per heavy atom. The van der Waals surface area contributed by atoms with E-state index in [1.165, 1.54) is 23.3 Å². The largest absolute Gasteiger partial charge is 0.496 e. The molecule has 0 unspecified atom stereocenters. The van der Waals surface area contributed by atoms with E-state index >= 15 is 0 Å². The fourth-order valence-corrected chi connectivity index (χ4v) is 3.81. The summed E-state index contributed by atoms with van der Waals surface area (Å²) in [6.45, 7) is 2.06. The van der Waals surface area contributed by atoms with Gasteiger partial charge in [0.2, 0.25) is 0 Å². The minimum Gasteiger partial charge on any atom is -0.496 e. The number of carbonyl (C=O) groups excluding carboxylic acids is 1. The SMILES string of the molecule is COc1ccc(Cl)cc1C(=O)Nc1ncc(C2CCNCC2)s1. The first-order chi connectivity index (χ1) is 11.2. The molecule has 1 amide bonds. The van der Waals surface area contributed by atoms with Gasteiger partial charge < -0.3 is 10.1 Å². The van der Waals surface area contributed by atoms with Crippen LogP contribution < -0.4 is 15.4 Å². The van der Waals surface area contributed by atoms with Crippen molar-refractivity contribution in [1.29, 1.82) is 0 Å². The highest BCUT2D eigenvalue weighted by Crippen LogP contribution is 2.32. The van der Waals surface area contributed by atoms with Gasteiger partial charge in [-0.25, -0.2) is 4.98 Å². The van der Waals surface area contributed by atoms with Crippen molar-refractivity contribution in [2.24, 2.45) is 0 Å². The highest BCUT2D eigenvalue weighted by Gasteiger charge is 2.19. The van der Waals surface area contributed by atoms with E-state index in [2.05, 4.69) is 15.6 Å². The van der Waals surface area contributed by atoms with Crippen LogP contribution in [0.25, 0.3) is 0 Å². The molecule has 2 aromatic rings. The Hall–Kier alpha value is -1.63. The summed E-state index contributed by atoms with van der Waals surface area (Å²) in [4.78, 5) is 18.0. The molecular weight excluding hydrogens is 334 g/mol. The Morgan fingerprint density at radius 1 is 1.43 bits per heavy atom. The number of aromatic nitrogens is 1. The molecule has 7 heteroatoms. The van der Waals surface area contributed by atoms with Gasteiger partial charge in [-0.3, -0.25) is 10.1 Å². The maximum atomic E-state index is 12.4. The molecule has 2 heterocycles. The summed E-state index contributed by atoms with van der Waals surface area (Å²) >= 11 is 7.51. The van der Waals surface area contributed by atoms with Gasteiger partial charge in [0, 0.05) is 16.1 Å². The minimum atomic E-state index is -0.268. The summed E-state index contributed by atoms with van der Waals surface area (Å²) < 4.78 is 5.22. The fraction of sp³-hybridized carbons (Fsp3) is 0.375. The highest BCUT2D eigenvalue weighted by molar-refractivity contribution is 7.15. The summed E-state index contributed by atoms with van der Waals surface area (Å²) in [5.74, 6) is 0.748. The number of methoxy groups -OCH3 is 1. The molecule has 0 spiro atoms. The molecule has 1 aliphatic heterocycles. The van der Waals surface area contributed by atoms with E-state index in [1.54, 1.807) is 18.2 Å². The van der Waals surface area contributed by atoms with Crippen molar-refractivity contribution < 1.29 is 9.53 Å². The summed E-state index contributed by atoms with van der Waals surface area (Å²) in [6.07, 6.45) is 4.08. The minimum absolute atomic E-state index is 0.268. The summed E-state index contributed by atoms with van der Waals surface area (Å²) in [5.41, 5.74) is 0.401. The second-order valence-electron chi connectivity index (χ2n) is 5.39. The number of hydrogen-bond acceptors (Lipinski definition) is 5. The van der Waals surface area contributed by atoms with Gasteiger partial charge >= 0.3 is 0 Å². The van der Waals surface area contributed by atoms with Crippen LogP contribution in [0.1, 0.15) is 34.0 Å². The fourth-order valence-electron chi connectivity index (χ4n) is 2.66. The predicted octanol–water partition coefficient (Wildman–Crippen LogP) is 3.52. The number of ether oxygens (including phenoxy) is 1. The smallest absolute Gasteiger partial charge is 0.261 e. The first-order valence-electron chi connectivity index (χ1n) is 7.48. The van der Waals surface area contributed by atoms with Gasteiger partial charge in [0.15, 0.2) is 5.13 Å². The van der Waals surface area contributed by atoms with Gasteiger partial charge in [0.25, 0.3) is 5.91 Å². The van der Waals surface area contributed by atoms with E-state index in [0.717, 1.165) is 25.9 Å². The lowest BCUT2D eigenvalue weighted by Crippen LogP contribution is -2.26. The number of hydrogen-bond donors (Lipinski definition) is 2. The second kappa shape index (κ2) is 7.29. The maximum Gasteiger partial charge on any atom is 0.261 e. The predicted molar refractivity (Wildman–Crippen MR) is 92.9 cm³/mol. The van der Waals surface area contributed by atoms with Crippen LogP contribution in [-0.4, -0.2) is 31.1 Å². The van der Waals surface area contributed by atoms with Crippen LogP contribution in [0.4, 0.5) is 5.13 Å². The lowest BCUT2D eigenvalue weighted by molar-refractivity contribution is 0.102. The van der Waals surface area contributed by atoms with Crippen LogP contribution in [0.15, 0.2) is 24.4 Å². The lowest BCUT2D eigenvalue weighted by Gasteiger charge is -2.20. The van der Waals surface area contributed by atoms with E-state index in [4.69, 9.17) is 16.3 Å². The summed E-state index contributed by atoms with van der Waals surface area (Å²) in [6, 6.07) is 4.96. The molecule has 2 N–H and O–H groups in total. The Balaban J connectivity index is 1.73. The summed E-state index contributed by atoms with van der Waals surface area (Å²) in [5, 5.41) is 7.28. The van der Waals surface area contributed by atoms with Crippen molar-refractivity contribution in [1.82, 2.24) is 10.3 Å². The third-order valence-electron chi connectivity index (χ3n) is 3.89. The average molecular weight is 352 g/mol. The molecule has 1 saturated heterocycles. The number of anilines is 1. The molecule has 5 nitrogen and oxygen atoms in total. The van der Waals surface area contributed by atoms with Crippen molar-refractivity contribution in [2.45, 2.75) is 18.8 Å². The molecule has 1 aromatic carbocycles. The van der Waals surface area contributed by atoms with Crippen molar-refractivity contribution in [3.05, 3.63) is 39.9 Å². The third kappa shape index (κ3) is 3.83. The van der Waals surface area contributed by atoms with Gasteiger partial charge in [-0.2, -0.15) is 0 Å².